The van der Waals surface area contributed by atoms with E-state index < -0.39 is 8.77 Å². The summed E-state index contributed by atoms with van der Waals surface area (Å²) in [7, 11) is -3.33. The number of phenolic OH excluding ortho intramolecular Hbond substituents is 1. The lowest BCUT2D eigenvalue weighted by molar-refractivity contribution is 0.474. The fraction of sp³-hybridized carbons (Fsp3) is 0.143. The monoisotopic (exact) mass is 204 g/mol. The summed E-state index contributed by atoms with van der Waals surface area (Å²) in [5.41, 5.74) is 0.525. The van der Waals surface area contributed by atoms with Crippen LogP contribution in [0.25, 0.3) is 0 Å². The van der Waals surface area contributed by atoms with Crippen LogP contribution in [0.15, 0.2) is 23.1 Å². The Morgan fingerprint density at radius 3 is 2.50 bits per heavy atom. The van der Waals surface area contributed by atoms with Crippen molar-refractivity contribution in [1.82, 2.24) is 0 Å². The van der Waals surface area contributed by atoms with E-state index >= 15 is 0 Å². The molecule has 0 amide bonds. The van der Waals surface area contributed by atoms with Gasteiger partial charge in [-0.3, -0.25) is 0 Å². The van der Waals surface area contributed by atoms with Gasteiger partial charge in [0.15, 0.2) is 8.77 Å². The van der Waals surface area contributed by atoms with Gasteiger partial charge in [0, 0.05) is 11.2 Å². The van der Waals surface area contributed by atoms with Crippen LogP contribution in [0.5, 0.6) is 5.75 Å². The lowest BCUT2D eigenvalue weighted by atomic mass is 10.2. The van der Waals surface area contributed by atoms with Gasteiger partial charge in [0.25, 0.3) is 0 Å². The van der Waals surface area contributed by atoms with Crippen LogP contribution >= 0.6 is 0 Å². The molecule has 1 atom stereocenters. The fourth-order valence-corrected chi connectivity index (χ4v) is 2.19. The number of phenols is 1. The van der Waals surface area contributed by atoms with Gasteiger partial charge >= 0.3 is 0 Å². The maximum atomic E-state index is 11.0. The Morgan fingerprint density at radius 2 is 2.08 bits per heavy atom. The third kappa shape index (κ3) is 1.94. The molecule has 0 heterocycles. The van der Waals surface area contributed by atoms with Gasteiger partial charge in [-0.25, -0.2) is 4.21 Å². The van der Waals surface area contributed by atoms with E-state index in [1.807, 2.05) is 0 Å². The van der Waals surface area contributed by atoms with Crippen LogP contribution in [0.4, 0.5) is 0 Å². The van der Waals surface area contributed by atoms with Crippen molar-refractivity contribution in [2.45, 2.75) is 11.8 Å². The molecule has 0 aromatic heterocycles. The van der Waals surface area contributed by atoms with Gasteiger partial charge in [-0.1, -0.05) is 0 Å². The Hall–Kier alpha value is -0.650. The lowest BCUT2D eigenvalue weighted by Gasteiger charge is -2.03. The van der Waals surface area contributed by atoms with Crippen LogP contribution in [-0.4, -0.2) is 13.9 Å². The molecule has 0 aliphatic rings. The molecular weight excluding hydrogens is 196 g/mol. The van der Waals surface area contributed by atoms with E-state index in [0.717, 1.165) is 0 Å². The molecule has 5 heteroatoms. The van der Waals surface area contributed by atoms with Gasteiger partial charge in [0.1, 0.15) is 5.75 Å². The second-order valence-corrected chi connectivity index (χ2v) is 5.17. The maximum absolute atomic E-state index is 11.0. The van der Waals surface area contributed by atoms with Crippen molar-refractivity contribution in [3.63, 3.8) is 0 Å². The number of aromatic hydroxyl groups is 1. The zero-order chi connectivity index (χ0) is 9.35. The molecule has 0 spiro atoms. The summed E-state index contributed by atoms with van der Waals surface area (Å²) in [6.07, 6.45) is 0. The van der Waals surface area contributed by atoms with Gasteiger partial charge < -0.3 is 9.66 Å². The molecule has 0 fully saturated rings. The Kier molecular flexibility index (Phi) is 2.36. The van der Waals surface area contributed by atoms with Crippen molar-refractivity contribution >= 4 is 20.0 Å². The van der Waals surface area contributed by atoms with Crippen molar-refractivity contribution in [2.75, 3.05) is 0 Å². The molecule has 3 nitrogen and oxygen atoms in total. The molecule has 1 rings (SSSR count). The minimum absolute atomic E-state index is 0.0647. The summed E-state index contributed by atoms with van der Waals surface area (Å²) in [5, 5.41) is 8.99. The van der Waals surface area contributed by atoms with E-state index in [0.29, 0.717) is 5.56 Å². The Morgan fingerprint density at radius 1 is 1.50 bits per heavy atom. The number of rotatable bonds is 1. The first-order valence-corrected chi connectivity index (χ1v) is 5.62. The van der Waals surface area contributed by atoms with Crippen LogP contribution in [-0.2, 0) is 20.0 Å². The minimum atomic E-state index is -3.33. The Labute approximate surface area is 75.5 Å². The first-order chi connectivity index (χ1) is 5.41. The van der Waals surface area contributed by atoms with Crippen molar-refractivity contribution in [2.24, 2.45) is 0 Å². The smallest absolute Gasteiger partial charge is 0.171 e. The first-order valence-electron chi connectivity index (χ1n) is 3.18. The molecular formula is C7H8O3S2. The predicted molar refractivity (Wildman–Crippen MR) is 49.2 cm³/mol. The van der Waals surface area contributed by atoms with Crippen molar-refractivity contribution < 1.29 is 13.9 Å². The molecule has 66 valence electrons. The highest BCUT2D eigenvalue weighted by molar-refractivity contribution is 8.29. The molecule has 0 aliphatic carbocycles. The Balaban J connectivity index is 3.39. The molecule has 1 aromatic carbocycles. The van der Waals surface area contributed by atoms with Gasteiger partial charge in [0.05, 0.1) is 4.90 Å². The fourth-order valence-electron chi connectivity index (χ4n) is 0.923. The minimum Gasteiger partial charge on any atom is -0.508 e. The van der Waals surface area contributed by atoms with E-state index in [1.165, 1.54) is 18.2 Å². The predicted octanol–water partition coefficient (Wildman–Crippen LogP) is 1.28. The summed E-state index contributed by atoms with van der Waals surface area (Å²) in [5.74, 6) is 0.0647. The molecule has 2 N–H and O–H groups in total. The molecule has 12 heavy (non-hydrogen) atoms. The molecule has 0 saturated heterocycles. The molecule has 0 bridgehead atoms. The van der Waals surface area contributed by atoms with Crippen LogP contribution < -0.4 is 0 Å². The van der Waals surface area contributed by atoms with Crippen LogP contribution in [0.3, 0.4) is 0 Å². The van der Waals surface area contributed by atoms with Crippen LogP contribution in [0, 0.1) is 6.92 Å². The van der Waals surface area contributed by atoms with Gasteiger partial charge in [0.2, 0.25) is 0 Å². The van der Waals surface area contributed by atoms with E-state index in [1.54, 1.807) is 6.92 Å². The maximum Gasteiger partial charge on any atom is 0.171 e. The third-order valence-electron chi connectivity index (χ3n) is 1.44. The van der Waals surface area contributed by atoms with Crippen LogP contribution in [0.1, 0.15) is 5.56 Å². The molecule has 0 saturated carbocycles. The van der Waals surface area contributed by atoms with Crippen molar-refractivity contribution in [3.8, 4) is 5.75 Å². The zero-order valence-corrected chi connectivity index (χ0v) is 7.98. The molecule has 1 unspecified atom stereocenters. The topological polar surface area (TPSA) is 57.5 Å². The van der Waals surface area contributed by atoms with Crippen molar-refractivity contribution in [3.05, 3.63) is 23.8 Å². The zero-order valence-electron chi connectivity index (χ0n) is 6.35. The average molecular weight is 204 g/mol. The van der Waals surface area contributed by atoms with E-state index in [-0.39, 0.29) is 10.6 Å². The third-order valence-corrected chi connectivity index (χ3v) is 2.99. The molecule has 0 aliphatic heterocycles. The highest BCUT2D eigenvalue weighted by Crippen LogP contribution is 2.19. The summed E-state index contributed by atoms with van der Waals surface area (Å²) < 4.78 is 20.0. The number of aryl methyl sites for hydroxylation is 1. The quantitative estimate of drug-likeness (QED) is 0.723. The molecule has 1 aromatic rings. The lowest BCUT2D eigenvalue weighted by Crippen LogP contribution is -1.98. The standard InChI is InChI=1S/C7H8O3S2/c1-5-4-6(8)2-3-7(5)12(9,10)11/h2-4,8H,1H3,(H,9,10,11). The number of hydrogen-bond acceptors (Lipinski definition) is 3. The van der Waals surface area contributed by atoms with Crippen molar-refractivity contribution in [1.29, 1.82) is 0 Å². The average Bonchev–Trinajstić information content (AvgIpc) is 1.83. The summed E-state index contributed by atoms with van der Waals surface area (Å²) >= 11 is 4.38. The summed E-state index contributed by atoms with van der Waals surface area (Å²) in [4.78, 5) is 0.190. The second kappa shape index (κ2) is 3.01. The van der Waals surface area contributed by atoms with Crippen LogP contribution in [0.2, 0.25) is 0 Å². The SMILES string of the molecule is Cc1cc(O)ccc1S(=O)(O)=S. The van der Waals surface area contributed by atoms with Gasteiger partial charge in [-0.15, -0.1) is 0 Å². The normalized spacial score (nSPS) is 15.5. The van der Waals surface area contributed by atoms with Gasteiger partial charge in [-0.2, -0.15) is 0 Å². The summed E-state index contributed by atoms with van der Waals surface area (Å²) in [6.45, 7) is 1.62. The summed E-state index contributed by atoms with van der Waals surface area (Å²) in [6, 6.07) is 4.10. The van der Waals surface area contributed by atoms with Gasteiger partial charge in [-0.05, 0) is 30.7 Å². The Bertz CT molecular complexity index is 395. The molecule has 0 radical (unpaired) electrons. The highest BCUT2D eigenvalue weighted by atomic mass is 32.8. The largest absolute Gasteiger partial charge is 0.508 e. The van der Waals surface area contributed by atoms with E-state index in [4.69, 9.17) is 9.66 Å². The van der Waals surface area contributed by atoms with E-state index in [2.05, 4.69) is 11.2 Å². The highest BCUT2D eigenvalue weighted by Gasteiger charge is 2.08. The number of benzene rings is 1. The van der Waals surface area contributed by atoms with E-state index in [9.17, 15) is 4.21 Å². The second-order valence-electron chi connectivity index (χ2n) is 2.42. The number of hydrogen-bond donors (Lipinski definition) is 2. The first kappa shape index (κ1) is 9.44.